The highest BCUT2D eigenvalue weighted by Crippen LogP contribution is 2.18. The minimum Gasteiger partial charge on any atom is -0.399 e. The number of hydrogen-bond acceptors (Lipinski definition) is 2. The van der Waals surface area contributed by atoms with E-state index in [0.717, 1.165) is 36.4 Å². The maximum atomic E-state index is 6.02. The van der Waals surface area contributed by atoms with E-state index in [1.54, 1.807) is 0 Å². The molecule has 3 rings (SSSR count). The SMILES string of the molecule is CCc1nc2ccccc2n1CCc1ccccc1N. The highest BCUT2D eigenvalue weighted by Gasteiger charge is 2.09. The molecule has 3 nitrogen and oxygen atoms in total. The molecule has 3 aromatic rings. The quantitative estimate of drug-likeness (QED) is 0.734. The first-order valence-corrected chi connectivity index (χ1v) is 7.07. The first-order valence-electron chi connectivity index (χ1n) is 7.07. The number of fused-ring (bicyclic) bond motifs is 1. The van der Waals surface area contributed by atoms with Gasteiger partial charge in [-0.3, -0.25) is 0 Å². The second-order valence-electron chi connectivity index (χ2n) is 4.97. The molecule has 1 heterocycles. The molecule has 0 aliphatic rings. The zero-order valence-electron chi connectivity index (χ0n) is 11.7. The molecule has 3 heteroatoms. The van der Waals surface area contributed by atoms with Crippen LogP contribution in [-0.2, 0) is 19.4 Å². The predicted molar refractivity (Wildman–Crippen MR) is 83.7 cm³/mol. The third-order valence-corrected chi connectivity index (χ3v) is 3.71. The topological polar surface area (TPSA) is 43.8 Å². The van der Waals surface area contributed by atoms with Gasteiger partial charge in [-0.25, -0.2) is 4.98 Å². The Morgan fingerprint density at radius 2 is 1.80 bits per heavy atom. The number of nitrogen functional groups attached to an aromatic ring is 1. The number of aryl methyl sites for hydroxylation is 3. The van der Waals surface area contributed by atoms with Gasteiger partial charge in [-0.05, 0) is 30.2 Å². The summed E-state index contributed by atoms with van der Waals surface area (Å²) in [4.78, 5) is 4.70. The van der Waals surface area contributed by atoms with Crippen LogP contribution in [0.4, 0.5) is 5.69 Å². The smallest absolute Gasteiger partial charge is 0.109 e. The summed E-state index contributed by atoms with van der Waals surface area (Å²) in [6, 6.07) is 16.4. The van der Waals surface area contributed by atoms with E-state index in [1.807, 2.05) is 24.3 Å². The summed E-state index contributed by atoms with van der Waals surface area (Å²) in [5.74, 6) is 1.14. The molecule has 0 fully saturated rings. The van der Waals surface area contributed by atoms with Crippen LogP contribution in [0.1, 0.15) is 18.3 Å². The monoisotopic (exact) mass is 265 g/mol. The van der Waals surface area contributed by atoms with Crippen molar-refractivity contribution < 1.29 is 0 Å². The molecular formula is C17H19N3. The van der Waals surface area contributed by atoms with Crippen molar-refractivity contribution in [3.63, 3.8) is 0 Å². The van der Waals surface area contributed by atoms with E-state index in [1.165, 1.54) is 11.1 Å². The summed E-state index contributed by atoms with van der Waals surface area (Å²) in [6.45, 7) is 3.06. The summed E-state index contributed by atoms with van der Waals surface area (Å²) in [5, 5.41) is 0. The number of rotatable bonds is 4. The van der Waals surface area contributed by atoms with Crippen LogP contribution in [-0.4, -0.2) is 9.55 Å². The van der Waals surface area contributed by atoms with E-state index < -0.39 is 0 Å². The van der Waals surface area contributed by atoms with Crippen molar-refractivity contribution in [2.75, 3.05) is 5.73 Å². The van der Waals surface area contributed by atoms with Crippen molar-refractivity contribution in [3.8, 4) is 0 Å². The van der Waals surface area contributed by atoms with Crippen molar-refractivity contribution >= 4 is 16.7 Å². The summed E-state index contributed by atoms with van der Waals surface area (Å²) in [5.41, 5.74) is 10.4. The highest BCUT2D eigenvalue weighted by atomic mass is 15.1. The average Bonchev–Trinajstić information content (AvgIpc) is 2.84. The van der Waals surface area contributed by atoms with E-state index in [0.29, 0.717) is 0 Å². The number of aromatic nitrogens is 2. The normalized spacial score (nSPS) is 11.1. The molecule has 2 N–H and O–H groups in total. The second-order valence-corrected chi connectivity index (χ2v) is 4.97. The summed E-state index contributed by atoms with van der Waals surface area (Å²) >= 11 is 0. The number of nitrogens with two attached hydrogens (primary N) is 1. The fourth-order valence-corrected chi connectivity index (χ4v) is 2.64. The number of hydrogen-bond donors (Lipinski definition) is 1. The molecule has 1 aromatic heterocycles. The molecule has 2 aromatic carbocycles. The molecular weight excluding hydrogens is 246 g/mol. The molecule has 20 heavy (non-hydrogen) atoms. The highest BCUT2D eigenvalue weighted by molar-refractivity contribution is 5.75. The lowest BCUT2D eigenvalue weighted by Crippen LogP contribution is -2.06. The van der Waals surface area contributed by atoms with Crippen molar-refractivity contribution in [2.45, 2.75) is 26.3 Å². The molecule has 0 atom stereocenters. The van der Waals surface area contributed by atoms with Crippen molar-refractivity contribution in [2.24, 2.45) is 0 Å². The Bertz CT molecular complexity index is 728. The van der Waals surface area contributed by atoms with Crippen molar-refractivity contribution in [1.29, 1.82) is 0 Å². The molecule has 0 aliphatic carbocycles. The van der Waals surface area contributed by atoms with Gasteiger partial charge in [0.05, 0.1) is 11.0 Å². The van der Waals surface area contributed by atoms with Crippen LogP contribution < -0.4 is 5.73 Å². The number of para-hydroxylation sites is 3. The summed E-state index contributed by atoms with van der Waals surface area (Å²) in [6.07, 6.45) is 1.87. The zero-order chi connectivity index (χ0) is 13.9. The van der Waals surface area contributed by atoms with E-state index in [-0.39, 0.29) is 0 Å². The van der Waals surface area contributed by atoms with Crippen LogP contribution in [0.5, 0.6) is 0 Å². The molecule has 0 amide bonds. The number of imidazole rings is 1. The van der Waals surface area contributed by atoms with Gasteiger partial charge in [0.1, 0.15) is 5.82 Å². The zero-order valence-corrected chi connectivity index (χ0v) is 11.7. The Balaban J connectivity index is 1.92. The fourth-order valence-electron chi connectivity index (χ4n) is 2.64. The molecule has 0 spiro atoms. The first kappa shape index (κ1) is 12.7. The van der Waals surface area contributed by atoms with Crippen molar-refractivity contribution in [1.82, 2.24) is 9.55 Å². The Morgan fingerprint density at radius 3 is 2.60 bits per heavy atom. The van der Waals surface area contributed by atoms with Crippen LogP contribution in [0.15, 0.2) is 48.5 Å². The van der Waals surface area contributed by atoms with Gasteiger partial charge in [-0.15, -0.1) is 0 Å². The third-order valence-electron chi connectivity index (χ3n) is 3.71. The van der Waals surface area contributed by atoms with Gasteiger partial charge in [0.2, 0.25) is 0 Å². The average molecular weight is 265 g/mol. The van der Waals surface area contributed by atoms with Gasteiger partial charge in [0, 0.05) is 18.7 Å². The van der Waals surface area contributed by atoms with Crippen LogP contribution in [0.25, 0.3) is 11.0 Å². The van der Waals surface area contributed by atoms with Gasteiger partial charge in [-0.1, -0.05) is 37.3 Å². The molecule has 0 saturated carbocycles. The summed E-state index contributed by atoms with van der Waals surface area (Å²) in [7, 11) is 0. The standard InChI is InChI=1S/C17H19N3/c1-2-17-19-15-9-5-6-10-16(15)20(17)12-11-13-7-3-4-8-14(13)18/h3-10H,2,11-12,18H2,1H3. The molecule has 0 saturated heterocycles. The number of nitrogens with zero attached hydrogens (tertiary/aromatic N) is 2. The largest absolute Gasteiger partial charge is 0.399 e. The molecule has 0 aliphatic heterocycles. The first-order chi connectivity index (χ1) is 9.79. The van der Waals surface area contributed by atoms with Crippen LogP contribution in [0, 0.1) is 0 Å². The molecule has 102 valence electrons. The van der Waals surface area contributed by atoms with Gasteiger partial charge < -0.3 is 10.3 Å². The minimum atomic E-state index is 0.870. The number of benzene rings is 2. The lowest BCUT2D eigenvalue weighted by molar-refractivity contribution is 0.675. The Morgan fingerprint density at radius 1 is 1.05 bits per heavy atom. The molecule has 0 unspecified atom stereocenters. The number of anilines is 1. The fraction of sp³-hybridized carbons (Fsp3) is 0.235. The maximum absolute atomic E-state index is 6.02. The lowest BCUT2D eigenvalue weighted by atomic mass is 10.1. The minimum absolute atomic E-state index is 0.870. The van der Waals surface area contributed by atoms with Crippen molar-refractivity contribution in [3.05, 3.63) is 59.9 Å². The Hall–Kier alpha value is -2.29. The van der Waals surface area contributed by atoms with E-state index >= 15 is 0 Å². The third kappa shape index (κ3) is 2.27. The molecule has 0 radical (unpaired) electrons. The van der Waals surface area contributed by atoms with Crippen LogP contribution in [0.3, 0.4) is 0 Å². The Kier molecular flexibility index (Phi) is 3.42. The van der Waals surface area contributed by atoms with E-state index in [4.69, 9.17) is 10.7 Å². The maximum Gasteiger partial charge on any atom is 0.109 e. The van der Waals surface area contributed by atoms with Gasteiger partial charge in [0.25, 0.3) is 0 Å². The van der Waals surface area contributed by atoms with Crippen LogP contribution in [0.2, 0.25) is 0 Å². The van der Waals surface area contributed by atoms with E-state index in [9.17, 15) is 0 Å². The lowest BCUT2D eigenvalue weighted by Gasteiger charge is -2.09. The van der Waals surface area contributed by atoms with Gasteiger partial charge in [0.15, 0.2) is 0 Å². The predicted octanol–water partition coefficient (Wildman–Crippen LogP) is 3.42. The van der Waals surface area contributed by atoms with Crippen LogP contribution >= 0.6 is 0 Å². The van der Waals surface area contributed by atoms with E-state index in [2.05, 4.69) is 35.8 Å². The van der Waals surface area contributed by atoms with Gasteiger partial charge in [-0.2, -0.15) is 0 Å². The molecule has 0 bridgehead atoms. The summed E-state index contributed by atoms with van der Waals surface area (Å²) < 4.78 is 2.31. The second kappa shape index (κ2) is 5.37. The van der Waals surface area contributed by atoms with Gasteiger partial charge >= 0.3 is 0 Å². The Labute approximate surface area is 119 Å².